The summed E-state index contributed by atoms with van der Waals surface area (Å²) in [5.41, 5.74) is 2.60. The zero-order valence-corrected chi connectivity index (χ0v) is 24.1. The molecule has 0 unspecified atom stereocenters. The highest BCUT2D eigenvalue weighted by atomic mass is 35.5. The Hall–Kier alpha value is -3.07. The lowest BCUT2D eigenvalue weighted by Gasteiger charge is -2.32. The van der Waals surface area contributed by atoms with Gasteiger partial charge in [0.1, 0.15) is 12.6 Å². The van der Waals surface area contributed by atoms with E-state index in [1.807, 2.05) is 13.0 Å². The molecule has 0 saturated heterocycles. The molecule has 3 aromatic rings. The van der Waals surface area contributed by atoms with Crippen molar-refractivity contribution < 1.29 is 18.0 Å². The molecular formula is C28H31Cl2N3O4S. The predicted octanol–water partition coefficient (Wildman–Crippen LogP) is 5.36. The predicted molar refractivity (Wildman–Crippen MR) is 152 cm³/mol. The zero-order chi connectivity index (χ0) is 28.0. The van der Waals surface area contributed by atoms with E-state index in [4.69, 9.17) is 23.2 Å². The molecular weight excluding hydrogens is 545 g/mol. The lowest BCUT2D eigenvalue weighted by atomic mass is 10.1. The molecule has 202 valence electrons. The zero-order valence-electron chi connectivity index (χ0n) is 21.7. The monoisotopic (exact) mass is 575 g/mol. The maximum absolute atomic E-state index is 13.9. The fourth-order valence-corrected chi connectivity index (χ4v) is 6.02. The van der Waals surface area contributed by atoms with E-state index < -0.39 is 28.5 Å². The summed E-state index contributed by atoms with van der Waals surface area (Å²) in [7, 11) is -4.12. The first-order valence-corrected chi connectivity index (χ1v) is 14.3. The number of carbonyl (C=O) groups excluding carboxylic acids is 2. The van der Waals surface area contributed by atoms with Gasteiger partial charge in [-0.1, -0.05) is 65.2 Å². The molecule has 0 saturated carbocycles. The van der Waals surface area contributed by atoms with Crippen molar-refractivity contribution in [2.24, 2.45) is 0 Å². The Morgan fingerprint density at radius 3 is 2.26 bits per heavy atom. The second-order valence-electron chi connectivity index (χ2n) is 8.94. The molecule has 1 atom stereocenters. The standard InChI is InChI=1S/C28H31Cl2N3O4S/c1-5-31-28(35)21(4)32(17-22-12-13-23(29)16-25(22)30)27(34)18-33(26-14-11-19(2)15-20(26)3)38(36,37)24-9-7-6-8-10-24/h6-16,21H,5,17-18H2,1-4H3,(H,31,35)/t21-/m1/s1. The van der Waals surface area contributed by atoms with Crippen LogP contribution in [0.5, 0.6) is 0 Å². The molecule has 0 aliphatic heterocycles. The third-order valence-electron chi connectivity index (χ3n) is 6.11. The smallest absolute Gasteiger partial charge is 0.264 e. The molecule has 3 rings (SSSR count). The summed E-state index contributed by atoms with van der Waals surface area (Å²) in [6, 6.07) is 17.3. The first-order valence-electron chi connectivity index (χ1n) is 12.1. The molecule has 3 aromatic carbocycles. The maximum atomic E-state index is 13.9. The molecule has 7 nitrogen and oxygen atoms in total. The van der Waals surface area contributed by atoms with E-state index >= 15 is 0 Å². The second-order valence-corrected chi connectivity index (χ2v) is 11.6. The number of aryl methyl sites for hydroxylation is 2. The summed E-state index contributed by atoms with van der Waals surface area (Å²) < 4.78 is 28.7. The highest BCUT2D eigenvalue weighted by Gasteiger charge is 2.33. The molecule has 0 bridgehead atoms. The third kappa shape index (κ3) is 6.87. The van der Waals surface area contributed by atoms with Crippen molar-refractivity contribution in [1.29, 1.82) is 0 Å². The number of sulfonamides is 1. The number of hydrogen-bond donors (Lipinski definition) is 1. The number of carbonyl (C=O) groups is 2. The quantitative estimate of drug-likeness (QED) is 0.352. The van der Waals surface area contributed by atoms with Gasteiger partial charge in [0, 0.05) is 23.1 Å². The van der Waals surface area contributed by atoms with E-state index in [2.05, 4.69) is 5.32 Å². The van der Waals surface area contributed by atoms with Crippen molar-refractivity contribution in [3.8, 4) is 0 Å². The van der Waals surface area contributed by atoms with Crippen LogP contribution in [0.15, 0.2) is 71.6 Å². The van der Waals surface area contributed by atoms with Gasteiger partial charge in [0.25, 0.3) is 10.0 Å². The summed E-state index contributed by atoms with van der Waals surface area (Å²) in [5, 5.41) is 3.50. The van der Waals surface area contributed by atoms with Crippen molar-refractivity contribution in [3.05, 3.63) is 93.5 Å². The van der Waals surface area contributed by atoms with Crippen LogP contribution < -0.4 is 9.62 Å². The number of amides is 2. The van der Waals surface area contributed by atoms with Crippen molar-refractivity contribution in [3.63, 3.8) is 0 Å². The van der Waals surface area contributed by atoms with Crippen LogP contribution in [0.3, 0.4) is 0 Å². The second kappa shape index (κ2) is 12.7. The first-order chi connectivity index (χ1) is 17.9. The molecule has 38 heavy (non-hydrogen) atoms. The molecule has 0 heterocycles. The highest BCUT2D eigenvalue weighted by Crippen LogP contribution is 2.29. The van der Waals surface area contributed by atoms with Gasteiger partial charge in [0.05, 0.1) is 10.6 Å². The minimum atomic E-state index is -4.12. The first kappa shape index (κ1) is 29.5. The van der Waals surface area contributed by atoms with Crippen LogP contribution >= 0.6 is 23.2 Å². The molecule has 0 radical (unpaired) electrons. The molecule has 0 spiro atoms. The van der Waals surface area contributed by atoms with E-state index in [1.165, 1.54) is 17.0 Å². The fraction of sp³-hybridized carbons (Fsp3) is 0.286. The Morgan fingerprint density at radius 2 is 1.66 bits per heavy atom. The number of nitrogens with zero attached hydrogens (tertiary/aromatic N) is 2. The van der Waals surface area contributed by atoms with E-state index in [1.54, 1.807) is 69.3 Å². The Balaban J connectivity index is 2.07. The number of anilines is 1. The normalized spacial score (nSPS) is 12.1. The van der Waals surface area contributed by atoms with Crippen LogP contribution in [0.4, 0.5) is 5.69 Å². The summed E-state index contributed by atoms with van der Waals surface area (Å²) >= 11 is 12.4. The summed E-state index contributed by atoms with van der Waals surface area (Å²) in [6.45, 7) is 6.92. The van der Waals surface area contributed by atoms with Gasteiger partial charge in [-0.15, -0.1) is 0 Å². The number of benzene rings is 3. The lowest BCUT2D eigenvalue weighted by Crippen LogP contribution is -2.51. The maximum Gasteiger partial charge on any atom is 0.264 e. The van der Waals surface area contributed by atoms with E-state index in [9.17, 15) is 18.0 Å². The van der Waals surface area contributed by atoms with Crippen molar-refractivity contribution in [2.45, 2.75) is 45.2 Å². The van der Waals surface area contributed by atoms with Gasteiger partial charge in [0.15, 0.2) is 0 Å². The third-order valence-corrected chi connectivity index (χ3v) is 8.47. The fourth-order valence-electron chi connectivity index (χ4n) is 4.06. The van der Waals surface area contributed by atoms with Gasteiger partial charge in [-0.25, -0.2) is 8.42 Å². The minimum Gasteiger partial charge on any atom is -0.355 e. The van der Waals surface area contributed by atoms with Gasteiger partial charge < -0.3 is 10.2 Å². The summed E-state index contributed by atoms with van der Waals surface area (Å²) in [4.78, 5) is 28.1. The minimum absolute atomic E-state index is 0.0146. The van der Waals surface area contributed by atoms with Crippen molar-refractivity contribution in [1.82, 2.24) is 10.2 Å². The van der Waals surface area contributed by atoms with E-state index in [0.717, 1.165) is 9.87 Å². The Bertz CT molecular complexity index is 1410. The average molecular weight is 577 g/mol. The molecule has 0 aliphatic carbocycles. The molecule has 0 fully saturated rings. The molecule has 1 N–H and O–H groups in total. The van der Waals surface area contributed by atoms with Gasteiger partial charge >= 0.3 is 0 Å². The van der Waals surface area contributed by atoms with E-state index in [-0.39, 0.29) is 17.3 Å². The van der Waals surface area contributed by atoms with Gasteiger partial charge in [-0.3, -0.25) is 13.9 Å². The summed E-state index contributed by atoms with van der Waals surface area (Å²) in [5.74, 6) is -0.927. The molecule has 0 aliphatic rings. The Kier molecular flexibility index (Phi) is 9.82. The van der Waals surface area contributed by atoms with Crippen molar-refractivity contribution in [2.75, 3.05) is 17.4 Å². The number of hydrogen-bond acceptors (Lipinski definition) is 4. The van der Waals surface area contributed by atoms with Crippen molar-refractivity contribution >= 4 is 50.7 Å². The van der Waals surface area contributed by atoms with Gasteiger partial charge in [-0.05, 0) is 69.2 Å². The van der Waals surface area contributed by atoms with Gasteiger partial charge in [0.2, 0.25) is 11.8 Å². The van der Waals surface area contributed by atoms with Crippen LogP contribution in [0.2, 0.25) is 10.0 Å². The largest absolute Gasteiger partial charge is 0.355 e. The van der Waals surface area contributed by atoms with Crippen LogP contribution in [-0.2, 0) is 26.2 Å². The molecule has 10 heteroatoms. The van der Waals surface area contributed by atoms with Gasteiger partial charge in [-0.2, -0.15) is 0 Å². The number of likely N-dealkylation sites (N-methyl/N-ethyl adjacent to an activating group) is 1. The van der Waals surface area contributed by atoms with E-state index in [0.29, 0.717) is 33.4 Å². The summed E-state index contributed by atoms with van der Waals surface area (Å²) in [6.07, 6.45) is 0. The van der Waals surface area contributed by atoms with Crippen LogP contribution in [-0.4, -0.2) is 44.3 Å². The molecule has 0 aromatic heterocycles. The Morgan fingerprint density at radius 1 is 0.974 bits per heavy atom. The Labute approximate surface area is 234 Å². The number of rotatable bonds is 10. The lowest BCUT2D eigenvalue weighted by molar-refractivity contribution is -0.139. The number of nitrogens with one attached hydrogen (secondary N) is 1. The highest BCUT2D eigenvalue weighted by molar-refractivity contribution is 7.92. The van der Waals surface area contributed by atoms with Crippen LogP contribution in [0.1, 0.15) is 30.5 Å². The average Bonchev–Trinajstić information content (AvgIpc) is 2.87. The topological polar surface area (TPSA) is 86.8 Å². The number of halogens is 2. The van der Waals surface area contributed by atoms with Crippen LogP contribution in [0.25, 0.3) is 0 Å². The SMILES string of the molecule is CCNC(=O)[C@@H](C)N(Cc1ccc(Cl)cc1Cl)C(=O)CN(c1ccc(C)cc1C)S(=O)(=O)c1ccccc1. The van der Waals surface area contributed by atoms with Crippen LogP contribution in [0, 0.1) is 13.8 Å². The molecule has 2 amide bonds.